The summed E-state index contributed by atoms with van der Waals surface area (Å²) in [6.45, 7) is 1.39. The molecule has 148 valence electrons. The number of pyridine rings is 1. The van der Waals surface area contributed by atoms with Gasteiger partial charge in [-0.05, 0) is 30.5 Å². The van der Waals surface area contributed by atoms with Gasteiger partial charge in [0.05, 0.1) is 12.3 Å². The molecule has 2 fully saturated rings. The molecule has 2 N–H and O–H groups in total. The molecule has 0 bridgehead atoms. The van der Waals surface area contributed by atoms with Crippen LogP contribution in [-0.2, 0) is 11.3 Å². The van der Waals surface area contributed by atoms with Crippen molar-refractivity contribution in [3.05, 3.63) is 66.0 Å². The number of aromatic nitrogens is 1. The van der Waals surface area contributed by atoms with Crippen LogP contribution in [0.2, 0.25) is 0 Å². The Morgan fingerprint density at radius 1 is 1.07 bits per heavy atom. The van der Waals surface area contributed by atoms with Gasteiger partial charge in [-0.1, -0.05) is 49.2 Å². The molecule has 1 saturated carbocycles. The van der Waals surface area contributed by atoms with Crippen LogP contribution in [-0.4, -0.2) is 46.1 Å². The van der Waals surface area contributed by atoms with Gasteiger partial charge < -0.3 is 10.4 Å². The van der Waals surface area contributed by atoms with Gasteiger partial charge in [-0.25, -0.2) is 0 Å². The van der Waals surface area contributed by atoms with E-state index < -0.39 is 0 Å². The number of rotatable bonds is 7. The Kier molecular flexibility index (Phi) is 6.03. The number of carbonyl (C=O) groups is 1. The van der Waals surface area contributed by atoms with Gasteiger partial charge in [-0.3, -0.25) is 14.7 Å². The van der Waals surface area contributed by atoms with Crippen molar-refractivity contribution in [2.75, 3.05) is 13.2 Å². The minimum atomic E-state index is 0.0396. The Balaban J connectivity index is 1.50. The molecule has 0 radical (unpaired) electrons. The molecule has 5 nitrogen and oxygen atoms in total. The number of aliphatic hydroxyl groups excluding tert-OH is 1. The SMILES string of the molecule is O=C(NC[C@@H]1[C@@H](c2ccccc2)[C@@H](CO)N1Cc1ccccn1)C1CCCC1. The molecule has 1 aromatic carbocycles. The van der Waals surface area contributed by atoms with E-state index in [1.807, 2.05) is 36.4 Å². The summed E-state index contributed by atoms with van der Waals surface area (Å²) in [6, 6.07) is 16.4. The average molecular weight is 380 g/mol. The highest BCUT2D eigenvalue weighted by Crippen LogP contribution is 2.41. The zero-order valence-electron chi connectivity index (χ0n) is 16.2. The first-order valence-electron chi connectivity index (χ1n) is 10.4. The lowest BCUT2D eigenvalue weighted by Gasteiger charge is -2.55. The fraction of sp³-hybridized carbons (Fsp3) is 0.478. The van der Waals surface area contributed by atoms with E-state index in [1.165, 1.54) is 5.56 Å². The lowest BCUT2D eigenvalue weighted by molar-refractivity contribution is -0.126. The topological polar surface area (TPSA) is 65.5 Å². The van der Waals surface area contributed by atoms with Crippen molar-refractivity contribution in [3.63, 3.8) is 0 Å². The smallest absolute Gasteiger partial charge is 0.223 e. The fourth-order valence-corrected chi connectivity index (χ4v) is 4.85. The second kappa shape index (κ2) is 8.84. The highest BCUT2D eigenvalue weighted by Gasteiger charge is 2.48. The van der Waals surface area contributed by atoms with Gasteiger partial charge in [0.15, 0.2) is 0 Å². The largest absolute Gasteiger partial charge is 0.395 e. The number of hydrogen-bond donors (Lipinski definition) is 2. The molecule has 5 heteroatoms. The zero-order valence-corrected chi connectivity index (χ0v) is 16.2. The maximum atomic E-state index is 12.6. The van der Waals surface area contributed by atoms with Crippen LogP contribution < -0.4 is 5.32 Å². The van der Waals surface area contributed by atoms with Gasteiger partial charge in [0.25, 0.3) is 0 Å². The van der Waals surface area contributed by atoms with E-state index in [-0.39, 0.29) is 36.4 Å². The number of nitrogens with zero attached hydrogens (tertiary/aromatic N) is 2. The minimum Gasteiger partial charge on any atom is -0.395 e. The maximum Gasteiger partial charge on any atom is 0.223 e. The lowest BCUT2D eigenvalue weighted by Crippen LogP contribution is -2.66. The third-order valence-electron chi connectivity index (χ3n) is 6.33. The number of hydrogen-bond acceptors (Lipinski definition) is 4. The van der Waals surface area contributed by atoms with E-state index >= 15 is 0 Å². The Hall–Kier alpha value is -2.24. The molecule has 1 aliphatic heterocycles. The molecule has 1 aromatic heterocycles. The van der Waals surface area contributed by atoms with Crippen LogP contribution >= 0.6 is 0 Å². The quantitative estimate of drug-likeness (QED) is 0.776. The molecule has 2 aromatic rings. The summed E-state index contributed by atoms with van der Waals surface area (Å²) in [6.07, 6.45) is 6.14. The second-order valence-corrected chi connectivity index (χ2v) is 7.97. The molecule has 1 aliphatic carbocycles. The van der Waals surface area contributed by atoms with Gasteiger partial charge >= 0.3 is 0 Å². The predicted octanol–water partition coefficient (Wildman–Crippen LogP) is 2.72. The molecular formula is C23H29N3O2. The molecular weight excluding hydrogens is 350 g/mol. The molecule has 2 heterocycles. The number of likely N-dealkylation sites (tertiary alicyclic amines) is 1. The monoisotopic (exact) mass is 379 g/mol. The minimum absolute atomic E-state index is 0.0396. The van der Waals surface area contributed by atoms with Gasteiger partial charge in [-0.2, -0.15) is 0 Å². The van der Waals surface area contributed by atoms with E-state index in [9.17, 15) is 9.90 Å². The van der Waals surface area contributed by atoms with Crippen molar-refractivity contribution in [3.8, 4) is 0 Å². The third kappa shape index (κ3) is 3.96. The summed E-state index contributed by atoms with van der Waals surface area (Å²) >= 11 is 0. The molecule has 1 saturated heterocycles. The number of carbonyl (C=O) groups excluding carboxylic acids is 1. The van der Waals surface area contributed by atoms with Crippen LogP contribution in [0.3, 0.4) is 0 Å². The van der Waals surface area contributed by atoms with Crippen LogP contribution in [0.15, 0.2) is 54.7 Å². The first-order chi connectivity index (χ1) is 13.8. The molecule has 1 amide bonds. The van der Waals surface area contributed by atoms with Crippen LogP contribution in [0, 0.1) is 5.92 Å². The van der Waals surface area contributed by atoms with Gasteiger partial charge in [0.2, 0.25) is 5.91 Å². The number of nitrogens with one attached hydrogen (secondary N) is 1. The molecule has 28 heavy (non-hydrogen) atoms. The Labute approximate surface area is 166 Å². The summed E-state index contributed by atoms with van der Waals surface area (Å²) in [5.41, 5.74) is 2.21. The number of benzene rings is 1. The molecule has 0 unspecified atom stereocenters. The van der Waals surface area contributed by atoms with Crippen molar-refractivity contribution >= 4 is 5.91 Å². The zero-order chi connectivity index (χ0) is 19.3. The van der Waals surface area contributed by atoms with Crippen molar-refractivity contribution in [1.29, 1.82) is 0 Å². The van der Waals surface area contributed by atoms with Crippen molar-refractivity contribution in [2.45, 2.75) is 50.2 Å². The highest BCUT2D eigenvalue weighted by atomic mass is 16.3. The van der Waals surface area contributed by atoms with Crippen LogP contribution in [0.4, 0.5) is 0 Å². The van der Waals surface area contributed by atoms with Crippen molar-refractivity contribution < 1.29 is 9.90 Å². The Morgan fingerprint density at radius 3 is 2.50 bits per heavy atom. The highest BCUT2D eigenvalue weighted by molar-refractivity contribution is 5.78. The van der Waals surface area contributed by atoms with Crippen molar-refractivity contribution in [1.82, 2.24) is 15.2 Å². The summed E-state index contributed by atoms with van der Waals surface area (Å²) in [4.78, 5) is 19.3. The van der Waals surface area contributed by atoms with Crippen LogP contribution in [0.5, 0.6) is 0 Å². The predicted molar refractivity (Wildman–Crippen MR) is 109 cm³/mol. The van der Waals surface area contributed by atoms with E-state index in [0.717, 1.165) is 31.4 Å². The van der Waals surface area contributed by atoms with Gasteiger partial charge in [0, 0.05) is 43.2 Å². The maximum absolute atomic E-state index is 12.6. The first-order valence-corrected chi connectivity index (χ1v) is 10.4. The van der Waals surface area contributed by atoms with Crippen LogP contribution in [0.1, 0.15) is 42.9 Å². The van der Waals surface area contributed by atoms with E-state index in [1.54, 1.807) is 6.20 Å². The second-order valence-electron chi connectivity index (χ2n) is 7.97. The molecule has 4 rings (SSSR count). The Bertz CT molecular complexity index is 762. The van der Waals surface area contributed by atoms with E-state index in [4.69, 9.17) is 0 Å². The summed E-state index contributed by atoms with van der Waals surface area (Å²) in [7, 11) is 0. The van der Waals surface area contributed by atoms with E-state index in [2.05, 4.69) is 27.3 Å². The normalized spacial score (nSPS) is 25.4. The van der Waals surface area contributed by atoms with E-state index in [0.29, 0.717) is 13.1 Å². The standard InChI is InChI=1S/C23H29N3O2/c27-16-21-22(17-8-2-1-3-9-17)20(14-25-23(28)18-10-4-5-11-18)26(21)15-19-12-6-7-13-24-19/h1-3,6-9,12-13,18,20-22,27H,4-5,10-11,14-16H2,(H,25,28)/t20-,21-,22-/m1/s1. The average Bonchev–Trinajstić information content (AvgIpc) is 3.27. The number of aliphatic hydroxyl groups is 1. The summed E-state index contributed by atoms with van der Waals surface area (Å²) < 4.78 is 0. The lowest BCUT2D eigenvalue weighted by atomic mass is 9.75. The molecule has 2 aliphatic rings. The Morgan fingerprint density at radius 2 is 1.82 bits per heavy atom. The third-order valence-corrected chi connectivity index (χ3v) is 6.33. The van der Waals surface area contributed by atoms with Crippen LogP contribution in [0.25, 0.3) is 0 Å². The summed E-state index contributed by atoms with van der Waals surface area (Å²) in [5.74, 6) is 0.571. The van der Waals surface area contributed by atoms with Gasteiger partial charge in [0.1, 0.15) is 0 Å². The first kappa shape index (κ1) is 19.1. The molecule has 3 atom stereocenters. The van der Waals surface area contributed by atoms with Crippen molar-refractivity contribution in [2.24, 2.45) is 5.92 Å². The van der Waals surface area contributed by atoms with Gasteiger partial charge in [-0.15, -0.1) is 0 Å². The number of amides is 1. The fourth-order valence-electron chi connectivity index (χ4n) is 4.85. The summed E-state index contributed by atoms with van der Waals surface area (Å²) in [5, 5.41) is 13.3. The molecule has 0 spiro atoms.